The summed E-state index contributed by atoms with van der Waals surface area (Å²) in [6.07, 6.45) is 12.2. The van der Waals surface area contributed by atoms with E-state index in [1.807, 2.05) is 6.08 Å². The molecule has 0 aliphatic rings. The molecule has 0 bridgehead atoms. The molecular formula is C20H30Si. The monoisotopic (exact) mass is 298 g/mol. The van der Waals surface area contributed by atoms with Gasteiger partial charge in [-0.1, -0.05) is 59.5 Å². The third kappa shape index (κ3) is 6.29. The van der Waals surface area contributed by atoms with Crippen LogP contribution >= 0.6 is 0 Å². The number of allylic oxidation sites excluding steroid dienone is 2. The van der Waals surface area contributed by atoms with Gasteiger partial charge in [0.15, 0.2) is 0 Å². The molecule has 0 rings (SSSR count). The first-order valence-corrected chi connectivity index (χ1v) is 10.2. The van der Waals surface area contributed by atoms with Crippen molar-refractivity contribution in [2.75, 3.05) is 0 Å². The van der Waals surface area contributed by atoms with Crippen molar-refractivity contribution in [3.63, 3.8) is 0 Å². The molecule has 0 atom stereocenters. The molecule has 0 nitrogen and oxygen atoms in total. The van der Waals surface area contributed by atoms with E-state index in [2.05, 4.69) is 76.8 Å². The smallest absolute Gasteiger partial charge is 0.126 e. The van der Waals surface area contributed by atoms with Gasteiger partial charge in [-0.05, 0) is 47.4 Å². The minimum atomic E-state index is -1.57. The predicted octanol–water partition coefficient (Wildman–Crippen LogP) is 5.57. The van der Waals surface area contributed by atoms with Gasteiger partial charge < -0.3 is 0 Å². The molecule has 0 unspecified atom stereocenters. The topological polar surface area (TPSA) is 0 Å². The third-order valence-corrected chi connectivity index (χ3v) is 10.5. The summed E-state index contributed by atoms with van der Waals surface area (Å²) in [4.78, 5) is 0. The quantitative estimate of drug-likeness (QED) is 0.341. The van der Waals surface area contributed by atoms with Crippen molar-refractivity contribution >= 4 is 8.07 Å². The van der Waals surface area contributed by atoms with Crippen molar-refractivity contribution in [3.05, 3.63) is 12.2 Å². The van der Waals surface area contributed by atoms with Crippen LogP contribution in [0.3, 0.4) is 0 Å². The summed E-state index contributed by atoms with van der Waals surface area (Å²) in [7, 11) is -1.57. The van der Waals surface area contributed by atoms with Gasteiger partial charge in [0.05, 0.1) is 0 Å². The fourth-order valence-electron chi connectivity index (χ4n) is 3.16. The first kappa shape index (κ1) is 19.6. The van der Waals surface area contributed by atoms with Gasteiger partial charge in [0.25, 0.3) is 0 Å². The van der Waals surface area contributed by atoms with Crippen LogP contribution in [0.2, 0.25) is 16.6 Å². The van der Waals surface area contributed by atoms with Gasteiger partial charge in [-0.2, -0.15) is 0 Å². The maximum atomic E-state index is 5.07. The SMILES string of the molecule is C#CC#CCCC/C=C\C#C[Si](C(C)C)(C(C)C)C(C)C. The molecule has 0 aliphatic carbocycles. The maximum absolute atomic E-state index is 5.07. The van der Waals surface area contributed by atoms with Crippen molar-refractivity contribution in [2.45, 2.75) is 77.4 Å². The lowest BCUT2D eigenvalue weighted by atomic mass is 10.2. The number of terminal acetylenes is 1. The molecule has 0 amide bonds. The molecule has 0 radical (unpaired) electrons. The Labute approximate surface area is 133 Å². The Morgan fingerprint density at radius 1 is 1.00 bits per heavy atom. The summed E-state index contributed by atoms with van der Waals surface area (Å²) in [6.45, 7) is 14.1. The number of hydrogen-bond acceptors (Lipinski definition) is 0. The minimum absolute atomic E-state index is 0.692. The molecule has 0 heterocycles. The molecule has 1 heteroatoms. The molecule has 0 spiro atoms. The Kier molecular flexibility index (Phi) is 9.70. The fraction of sp³-hybridized carbons (Fsp3) is 0.600. The van der Waals surface area contributed by atoms with E-state index in [-0.39, 0.29) is 0 Å². The molecule has 0 aliphatic heterocycles. The molecule has 0 saturated carbocycles. The second kappa shape index (κ2) is 10.4. The standard InChI is InChI=1S/C20H30Si/c1-8-9-10-11-12-13-14-15-16-17-21(18(2)3,19(4)5)20(6)7/h1,14-15,18-20H,11-13H2,2-7H3/b15-14-. The minimum Gasteiger partial charge on any atom is -0.126 e. The molecule has 0 aromatic carbocycles. The van der Waals surface area contributed by atoms with Gasteiger partial charge in [-0.3, -0.25) is 0 Å². The van der Waals surface area contributed by atoms with Gasteiger partial charge in [0, 0.05) is 6.42 Å². The van der Waals surface area contributed by atoms with Gasteiger partial charge >= 0.3 is 0 Å². The van der Waals surface area contributed by atoms with Crippen LogP contribution in [0.25, 0.3) is 0 Å². The molecule has 114 valence electrons. The Balaban J connectivity index is 4.66. The van der Waals surface area contributed by atoms with Crippen LogP contribution in [-0.2, 0) is 0 Å². The lowest BCUT2D eigenvalue weighted by molar-refractivity contribution is 0.838. The van der Waals surface area contributed by atoms with Crippen molar-refractivity contribution in [1.29, 1.82) is 0 Å². The summed E-state index contributed by atoms with van der Waals surface area (Å²) >= 11 is 0. The Hall–Kier alpha value is -1.36. The predicted molar refractivity (Wildman–Crippen MR) is 98.4 cm³/mol. The van der Waals surface area contributed by atoms with E-state index in [9.17, 15) is 0 Å². The van der Waals surface area contributed by atoms with Crippen molar-refractivity contribution in [3.8, 4) is 35.6 Å². The van der Waals surface area contributed by atoms with E-state index < -0.39 is 8.07 Å². The van der Waals surface area contributed by atoms with E-state index in [4.69, 9.17) is 6.42 Å². The van der Waals surface area contributed by atoms with Crippen LogP contribution in [0.5, 0.6) is 0 Å². The van der Waals surface area contributed by atoms with Crippen LogP contribution in [0.1, 0.15) is 60.8 Å². The molecule has 21 heavy (non-hydrogen) atoms. The second-order valence-corrected chi connectivity index (χ2v) is 12.0. The van der Waals surface area contributed by atoms with E-state index in [0.717, 1.165) is 19.3 Å². The zero-order chi connectivity index (χ0) is 16.3. The van der Waals surface area contributed by atoms with Crippen molar-refractivity contribution in [1.82, 2.24) is 0 Å². The van der Waals surface area contributed by atoms with Gasteiger partial charge in [-0.25, -0.2) is 0 Å². The van der Waals surface area contributed by atoms with Crippen molar-refractivity contribution in [2.24, 2.45) is 0 Å². The lowest BCUT2D eigenvalue weighted by Gasteiger charge is -2.37. The first-order valence-electron chi connectivity index (χ1n) is 8.00. The summed E-state index contributed by atoms with van der Waals surface area (Å²) in [5.74, 6) is 11.3. The Morgan fingerprint density at radius 3 is 2.05 bits per heavy atom. The highest BCUT2D eigenvalue weighted by Crippen LogP contribution is 2.40. The summed E-state index contributed by atoms with van der Waals surface area (Å²) in [6, 6.07) is 0. The zero-order valence-electron chi connectivity index (χ0n) is 14.6. The van der Waals surface area contributed by atoms with Crippen LogP contribution in [0.15, 0.2) is 12.2 Å². The molecule has 0 N–H and O–H groups in total. The Morgan fingerprint density at radius 2 is 1.57 bits per heavy atom. The van der Waals surface area contributed by atoms with Gasteiger partial charge in [0.1, 0.15) is 8.07 Å². The van der Waals surface area contributed by atoms with Crippen LogP contribution < -0.4 is 0 Å². The largest absolute Gasteiger partial charge is 0.146 e. The average molecular weight is 299 g/mol. The molecule has 0 aromatic heterocycles. The molecule has 0 aromatic rings. The van der Waals surface area contributed by atoms with Crippen LogP contribution in [0.4, 0.5) is 0 Å². The van der Waals surface area contributed by atoms with E-state index in [1.165, 1.54) is 0 Å². The fourth-order valence-corrected chi connectivity index (χ4v) is 8.36. The second-order valence-electron chi connectivity index (χ2n) is 6.41. The average Bonchev–Trinajstić information content (AvgIpc) is 2.39. The van der Waals surface area contributed by atoms with Crippen LogP contribution in [-0.4, -0.2) is 8.07 Å². The molecular weight excluding hydrogens is 268 g/mol. The number of hydrogen-bond donors (Lipinski definition) is 0. The maximum Gasteiger partial charge on any atom is 0.146 e. The van der Waals surface area contributed by atoms with E-state index >= 15 is 0 Å². The zero-order valence-corrected chi connectivity index (χ0v) is 15.6. The summed E-state index contributed by atoms with van der Waals surface area (Å²) < 4.78 is 0. The first-order chi connectivity index (χ1) is 9.89. The molecule has 0 fully saturated rings. The van der Waals surface area contributed by atoms with Crippen LogP contribution in [0, 0.1) is 35.6 Å². The summed E-state index contributed by atoms with van der Waals surface area (Å²) in [5, 5.41) is 0. The van der Waals surface area contributed by atoms with E-state index in [0.29, 0.717) is 16.6 Å². The highest BCUT2D eigenvalue weighted by atomic mass is 28.3. The lowest BCUT2D eigenvalue weighted by Crippen LogP contribution is -2.43. The van der Waals surface area contributed by atoms with Gasteiger partial charge in [-0.15, -0.1) is 12.0 Å². The molecule has 0 saturated heterocycles. The van der Waals surface area contributed by atoms with E-state index in [1.54, 1.807) is 0 Å². The number of unbranched alkanes of at least 4 members (excludes halogenated alkanes) is 2. The van der Waals surface area contributed by atoms with Crippen molar-refractivity contribution < 1.29 is 0 Å². The normalized spacial score (nSPS) is 11.2. The summed E-state index contributed by atoms with van der Waals surface area (Å²) in [5.41, 5.74) is 5.77. The highest BCUT2D eigenvalue weighted by molar-refractivity contribution is 6.90. The Bertz CT molecular complexity index is 456. The number of rotatable bonds is 6. The highest BCUT2D eigenvalue weighted by Gasteiger charge is 2.41. The van der Waals surface area contributed by atoms with Gasteiger partial charge in [0.2, 0.25) is 0 Å². The third-order valence-electron chi connectivity index (χ3n) is 4.19.